The van der Waals surface area contributed by atoms with Crippen molar-refractivity contribution in [1.29, 1.82) is 0 Å². The number of carbonyl (C=O) groups is 1. The fourth-order valence-corrected chi connectivity index (χ4v) is 5.22. The molecule has 1 saturated heterocycles. The van der Waals surface area contributed by atoms with E-state index in [1.54, 1.807) is 12.5 Å². The monoisotopic (exact) mass is 467 g/mol. The molecule has 4 heterocycles. The topological polar surface area (TPSA) is 98.1 Å². The molecule has 1 amide bonds. The van der Waals surface area contributed by atoms with Gasteiger partial charge in [0.1, 0.15) is 29.3 Å². The van der Waals surface area contributed by atoms with Crippen LogP contribution >= 0.6 is 0 Å². The van der Waals surface area contributed by atoms with Crippen LogP contribution in [0.15, 0.2) is 67.6 Å². The molecule has 1 aliphatic carbocycles. The number of likely N-dealkylation sites (tertiary alicyclic amines) is 1. The van der Waals surface area contributed by atoms with Crippen LogP contribution in [0.3, 0.4) is 0 Å². The number of carbonyl (C=O) groups excluding carboxylic acids is 1. The Bertz CT molecular complexity index is 1400. The van der Waals surface area contributed by atoms with Crippen molar-refractivity contribution in [2.45, 2.75) is 18.9 Å². The molecular weight excluding hydrogens is 442 g/mol. The van der Waals surface area contributed by atoms with Crippen LogP contribution in [0.25, 0.3) is 22.4 Å². The van der Waals surface area contributed by atoms with Crippen molar-refractivity contribution < 1.29 is 9.53 Å². The van der Waals surface area contributed by atoms with E-state index in [0.29, 0.717) is 11.6 Å². The zero-order valence-corrected chi connectivity index (χ0v) is 19.4. The molecule has 2 aliphatic rings. The summed E-state index contributed by atoms with van der Waals surface area (Å²) in [5, 5.41) is 8.98. The first-order valence-corrected chi connectivity index (χ1v) is 11.6. The lowest BCUT2D eigenvalue weighted by molar-refractivity contribution is -0.148. The van der Waals surface area contributed by atoms with Gasteiger partial charge in [0.15, 0.2) is 5.65 Å². The molecule has 0 unspecified atom stereocenters. The highest BCUT2D eigenvalue weighted by atomic mass is 16.5. The molecule has 9 heteroatoms. The number of benzene rings is 1. The van der Waals surface area contributed by atoms with Gasteiger partial charge in [0, 0.05) is 25.6 Å². The summed E-state index contributed by atoms with van der Waals surface area (Å²) in [6, 6.07) is 13.6. The molecule has 1 spiro atoms. The molecule has 1 saturated carbocycles. The molecule has 9 nitrogen and oxygen atoms in total. The SMILES string of the molecule is C=CC(=O)N1CC2(CC(n3nc(-c4ccc(Oc5ccccc5)cn4)c4c(NC)ncnc43)C2)C1. The Balaban J connectivity index is 1.29. The first kappa shape index (κ1) is 21.3. The maximum absolute atomic E-state index is 11.9. The molecule has 4 aromatic rings. The molecule has 1 N–H and O–H groups in total. The van der Waals surface area contributed by atoms with Gasteiger partial charge in [-0.3, -0.25) is 9.78 Å². The second kappa shape index (κ2) is 8.19. The molecule has 2 fully saturated rings. The number of anilines is 1. The second-order valence-electron chi connectivity index (χ2n) is 9.22. The van der Waals surface area contributed by atoms with Crippen LogP contribution < -0.4 is 10.1 Å². The van der Waals surface area contributed by atoms with E-state index in [4.69, 9.17) is 9.84 Å². The van der Waals surface area contributed by atoms with Crippen molar-refractivity contribution in [3.8, 4) is 22.9 Å². The number of nitrogens with one attached hydrogen (secondary N) is 1. The minimum absolute atomic E-state index is 0.00284. The smallest absolute Gasteiger partial charge is 0.245 e. The zero-order valence-electron chi connectivity index (χ0n) is 19.4. The van der Waals surface area contributed by atoms with Crippen LogP contribution in [0.4, 0.5) is 5.82 Å². The Morgan fingerprint density at radius 2 is 1.91 bits per heavy atom. The second-order valence-corrected chi connectivity index (χ2v) is 9.22. The van der Waals surface area contributed by atoms with Crippen LogP contribution in [-0.4, -0.2) is 55.7 Å². The normalized spacial score (nSPS) is 16.5. The third-order valence-electron chi connectivity index (χ3n) is 6.91. The fraction of sp³-hybridized carbons (Fsp3) is 0.269. The van der Waals surface area contributed by atoms with Gasteiger partial charge in [-0.05, 0) is 43.2 Å². The number of hydrogen-bond acceptors (Lipinski definition) is 7. The third kappa shape index (κ3) is 3.60. The first-order valence-electron chi connectivity index (χ1n) is 11.6. The average molecular weight is 468 g/mol. The Kier molecular flexibility index (Phi) is 4.98. The van der Waals surface area contributed by atoms with Crippen LogP contribution in [0.5, 0.6) is 11.5 Å². The minimum Gasteiger partial charge on any atom is -0.456 e. The fourth-order valence-electron chi connectivity index (χ4n) is 5.22. The lowest BCUT2D eigenvalue weighted by atomic mass is 9.60. The quantitative estimate of drug-likeness (QED) is 0.427. The van der Waals surface area contributed by atoms with Crippen LogP contribution in [0.1, 0.15) is 18.9 Å². The maximum Gasteiger partial charge on any atom is 0.245 e. The van der Waals surface area contributed by atoms with E-state index >= 15 is 0 Å². The van der Waals surface area contributed by atoms with Gasteiger partial charge in [-0.2, -0.15) is 5.10 Å². The summed E-state index contributed by atoms with van der Waals surface area (Å²) < 4.78 is 7.89. The van der Waals surface area contributed by atoms with Gasteiger partial charge in [-0.1, -0.05) is 24.8 Å². The molecule has 3 aromatic heterocycles. The van der Waals surface area contributed by atoms with Gasteiger partial charge in [0.2, 0.25) is 5.91 Å². The maximum atomic E-state index is 11.9. The Morgan fingerprint density at radius 3 is 2.60 bits per heavy atom. The highest BCUT2D eigenvalue weighted by Gasteiger charge is 2.54. The molecule has 1 aliphatic heterocycles. The van der Waals surface area contributed by atoms with Gasteiger partial charge in [0.25, 0.3) is 0 Å². The summed E-state index contributed by atoms with van der Waals surface area (Å²) in [5.41, 5.74) is 2.41. The number of rotatable bonds is 6. The predicted octanol–water partition coefficient (Wildman–Crippen LogP) is 4.07. The largest absolute Gasteiger partial charge is 0.456 e. The summed E-state index contributed by atoms with van der Waals surface area (Å²) in [5.74, 6) is 2.12. The van der Waals surface area contributed by atoms with Crippen molar-refractivity contribution in [3.63, 3.8) is 0 Å². The molecule has 1 aromatic carbocycles. The lowest BCUT2D eigenvalue weighted by Crippen LogP contribution is -2.63. The number of pyridine rings is 1. The Hall–Kier alpha value is -4.27. The Morgan fingerprint density at radius 1 is 1.11 bits per heavy atom. The van der Waals surface area contributed by atoms with E-state index in [0.717, 1.165) is 54.1 Å². The number of hydrogen-bond donors (Lipinski definition) is 1. The van der Waals surface area contributed by atoms with E-state index in [-0.39, 0.29) is 17.4 Å². The average Bonchev–Trinajstić information content (AvgIpc) is 3.23. The van der Waals surface area contributed by atoms with E-state index in [2.05, 4.69) is 26.8 Å². The summed E-state index contributed by atoms with van der Waals surface area (Å²) in [6.07, 6.45) is 6.56. The van der Waals surface area contributed by atoms with E-state index in [9.17, 15) is 4.79 Å². The van der Waals surface area contributed by atoms with Crippen molar-refractivity contribution in [3.05, 3.63) is 67.6 Å². The van der Waals surface area contributed by atoms with Gasteiger partial charge in [0.05, 0.1) is 23.3 Å². The zero-order chi connectivity index (χ0) is 24.0. The summed E-state index contributed by atoms with van der Waals surface area (Å²) >= 11 is 0. The van der Waals surface area contributed by atoms with Crippen LogP contribution in [0, 0.1) is 5.41 Å². The number of ether oxygens (including phenoxy) is 1. The Labute approximate surface area is 202 Å². The number of amides is 1. The molecule has 35 heavy (non-hydrogen) atoms. The molecule has 6 rings (SSSR count). The summed E-state index contributed by atoms with van der Waals surface area (Å²) in [6.45, 7) is 5.15. The van der Waals surface area contributed by atoms with Crippen molar-refractivity contribution in [2.75, 3.05) is 25.5 Å². The van der Waals surface area contributed by atoms with E-state index in [1.807, 2.05) is 59.1 Å². The predicted molar refractivity (Wildman–Crippen MR) is 132 cm³/mol. The van der Waals surface area contributed by atoms with Gasteiger partial charge in [-0.25, -0.2) is 14.6 Å². The highest BCUT2D eigenvalue weighted by Crippen LogP contribution is 2.54. The first-order chi connectivity index (χ1) is 17.1. The summed E-state index contributed by atoms with van der Waals surface area (Å²) in [7, 11) is 1.84. The number of fused-ring (bicyclic) bond motifs is 1. The van der Waals surface area contributed by atoms with Crippen molar-refractivity contribution in [1.82, 2.24) is 29.6 Å². The van der Waals surface area contributed by atoms with Crippen molar-refractivity contribution >= 4 is 22.8 Å². The molecular formula is C26H25N7O2. The van der Waals surface area contributed by atoms with Crippen LogP contribution in [-0.2, 0) is 4.79 Å². The lowest BCUT2D eigenvalue weighted by Gasteiger charge is -2.58. The number of para-hydroxylation sites is 1. The van der Waals surface area contributed by atoms with E-state index in [1.165, 1.54) is 6.08 Å². The minimum atomic E-state index is 0.00284. The summed E-state index contributed by atoms with van der Waals surface area (Å²) in [4.78, 5) is 27.3. The molecule has 176 valence electrons. The number of nitrogens with zero attached hydrogens (tertiary/aromatic N) is 6. The standard InChI is InChI=1S/C26H25N7O2/c1-3-21(34)32-14-26(15-32)11-17(12-26)33-25-22(24(27-2)29-16-30-25)23(31-33)20-10-9-19(13-28-20)35-18-7-5-4-6-8-18/h3-10,13,16-17H,1,11-12,14-15H2,2H3,(H,27,29,30). The van der Waals surface area contributed by atoms with E-state index < -0.39 is 0 Å². The van der Waals surface area contributed by atoms with Gasteiger partial charge < -0.3 is 15.0 Å². The van der Waals surface area contributed by atoms with Gasteiger partial charge >= 0.3 is 0 Å². The number of aromatic nitrogens is 5. The molecule has 0 atom stereocenters. The van der Waals surface area contributed by atoms with Gasteiger partial charge in [-0.15, -0.1) is 0 Å². The van der Waals surface area contributed by atoms with Crippen LogP contribution in [0.2, 0.25) is 0 Å². The molecule has 0 radical (unpaired) electrons. The molecule has 0 bridgehead atoms. The highest BCUT2D eigenvalue weighted by molar-refractivity contribution is 5.98. The third-order valence-corrected chi connectivity index (χ3v) is 6.91. The van der Waals surface area contributed by atoms with Crippen molar-refractivity contribution in [2.24, 2.45) is 5.41 Å².